The molecule has 1 aliphatic heterocycles. The van der Waals surface area contributed by atoms with E-state index >= 15 is 0 Å². The normalized spacial score (nSPS) is 17.3. The quantitative estimate of drug-likeness (QED) is 0.777. The second-order valence-electron chi connectivity index (χ2n) is 6.01. The number of amides is 1. The third-order valence-corrected chi connectivity index (χ3v) is 4.18. The van der Waals surface area contributed by atoms with Gasteiger partial charge in [-0.15, -0.1) is 0 Å². The van der Waals surface area contributed by atoms with Crippen LogP contribution < -0.4 is 0 Å². The van der Waals surface area contributed by atoms with Gasteiger partial charge in [-0.1, -0.05) is 0 Å². The summed E-state index contributed by atoms with van der Waals surface area (Å²) in [5.74, 6) is -3.36. The van der Waals surface area contributed by atoms with Crippen molar-refractivity contribution >= 4 is 5.91 Å². The van der Waals surface area contributed by atoms with E-state index in [9.17, 15) is 22.4 Å². The highest BCUT2D eigenvalue weighted by Gasteiger charge is 2.28. The summed E-state index contributed by atoms with van der Waals surface area (Å²) in [6.07, 6.45) is 1.09. The van der Waals surface area contributed by atoms with Gasteiger partial charge in [-0.25, -0.2) is 17.6 Å². The number of benzene rings is 2. The van der Waals surface area contributed by atoms with Gasteiger partial charge in [-0.2, -0.15) is 0 Å². The van der Waals surface area contributed by atoms with Crippen molar-refractivity contribution < 1.29 is 22.4 Å². The highest BCUT2D eigenvalue weighted by atomic mass is 19.1. The second kappa shape index (κ2) is 6.63. The first-order valence-electron chi connectivity index (χ1n) is 7.61. The Morgan fingerprint density at radius 2 is 1.71 bits per heavy atom. The molecule has 0 N–H and O–H groups in total. The monoisotopic (exact) mass is 337 g/mol. The lowest BCUT2D eigenvalue weighted by Gasteiger charge is -2.17. The van der Waals surface area contributed by atoms with E-state index in [4.69, 9.17) is 0 Å². The van der Waals surface area contributed by atoms with Crippen molar-refractivity contribution in [3.8, 4) is 0 Å². The number of carbonyl (C=O) groups is 1. The summed E-state index contributed by atoms with van der Waals surface area (Å²) in [7, 11) is 0. The summed E-state index contributed by atoms with van der Waals surface area (Å²) in [6, 6.07) is 6.20. The molecule has 1 aliphatic rings. The molecule has 0 aromatic heterocycles. The molecule has 0 bridgehead atoms. The van der Waals surface area contributed by atoms with E-state index in [-0.39, 0.29) is 11.5 Å². The van der Waals surface area contributed by atoms with Gasteiger partial charge in [0.05, 0.1) is 5.56 Å². The number of halogens is 4. The van der Waals surface area contributed by atoms with Gasteiger partial charge >= 0.3 is 0 Å². The third kappa shape index (κ3) is 3.58. The zero-order valence-corrected chi connectivity index (χ0v) is 12.7. The smallest absolute Gasteiger partial charge is 0.256 e. The molecule has 1 atom stereocenters. The first kappa shape index (κ1) is 16.5. The number of likely N-dealkylation sites (tertiary alicyclic amines) is 1. The Bertz CT molecular complexity index is 757. The fourth-order valence-corrected chi connectivity index (χ4v) is 3.08. The van der Waals surface area contributed by atoms with Gasteiger partial charge in [0, 0.05) is 25.2 Å². The van der Waals surface area contributed by atoms with E-state index < -0.39 is 29.2 Å². The van der Waals surface area contributed by atoms with Crippen LogP contribution in [0.3, 0.4) is 0 Å². The molecule has 0 saturated carbocycles. The van der Waals surface area contributed by atoms with Gasteiger partial charge < -0.3 is 4.90 Å². The van der Waals surface area contributed by atoms with Crippen LogP contribution in [0.5, 0.6) is 0 Å². The van der Waals surface area contributed by atoms with Crippen molar-refractivity contribution in [3.63, 3.8) is 0 Å². The number of hydrogen-bond donors (Lipinski definition) is 0. The molecule has 2 nitrogen and oxygen atoms in total. The highest BCUT2D eigenvalue weighted by molar-refractivity contribution is 5.94. The molecule has 24 heavy (non-hydrogen) atoms. The van der Waals surface area contributed by atoms with Crippen LogP contribution in [0, 0.1) is 29.2 Å². The number of rotatable bonds is 3. The summed E-state index contributed by atoms with van der Waals surface area (Å²) in [6.45, 7) is 0.798. The minimum Gasteiger partial charge on any atom is -0.338 e. The van der Waals surface area contributed by atoms with Crippen LogP contribution in [0.4, 0.5) is 17.6 Å². The fourth-order valence-electron chi connectivity index (χ4n) is 3.08. The molecule has 2 aromatic rings. The van der Waals surface area contributed by atoms with Crippen LogP contribution in [0.25, 0.3) is 0 Å². The standard InChI is InChI=1S/C18H15F4NO/c19-13-1-2-16(17(22)9-13)18(24)23-4-3-11(10-23)5-12-6-14(20)8-15(21)7-12/h1-2,6-9,11H,3-5,10H2. The van der Waals surface area contributed by atoms with Gasteiger partial charge in [0.2, 0.25) is 0 Å². The number of nitrogens with zero attached hydrogens (tertiary/aromatic N) is 1. The van der Waals surface area contributed by atoms with E-state index in [0.29, 0.717) is 37.6 Å². The van der Waals surface area contributed by atoms with Crippen LogP contribution in [-0.2, 0) is 6.42 Å². The summed E-state index contributed by atoms with van der Waals surface area (Å²) < 4.78 is 53.1. The Morgan fingerprint density at radius 1 is 1.00 bits per heavy atom. The zero-order chi connectivity index (χ0) is 17.3. The van der Waals surface area contributed by atoms with Crippen molar-refractivity contribution in [1.82, 2.24) is 4.90 Å². The van der Waals surface area contributed by atoms with Crippen LogP contribution in [0.15, 0.2) is 36.4 Å². The lowest BCUT2D eigenvalue weighted by atomic mass is 9.98. The second-order valence-corrected chi connectivity index (χ2v) is 6.01. The largest absolute Gasteiger partial charge is 0.338 e. The molecule has 1 fully saturated rings. The van der Waals surface area contributed by atoms with Crippen LogP contribution in [0.2, 0.25) is 0 Å². The first-order chi connectivity index (χ1) is 11.4. The summed E-state index contributed by atoms with van der Waals surface area (Å²) in [4.78, 5) is 13.8. The molecule has 1 heterocycles. The molecule has 0 spiro atoms. The lowest BCUT2D eigenvalue weighted by Crippen LogP contribution is -2.29. The first-order valence-corrected chi connectivity index (χ1v) is 7.61. The van der Waals surface area contributed by atoms with E-state index in [0.717, 1.165) is 18.2 Å². The molecule has 1 amide bonds. The maximum Gasteiger partial charge on any atom is 0.256 e. The molecule has 3 rings (SSSR count). The summed E-state index contributed by atoms with van der Waals surface area (Å²) in [5.41, 5.74) is 0.355. The molecule has 1 saturated heterocycles. The van der Waals surface area contributed by atoms with Gasteiger partial charge in [0.25, 0.3) is 5.91 Å². The average molecular weight is 337 g/mol. The molecule has 1 unspecified atom stereocenters. The topological polar surface area (TPSA) is 20.3 Å². The van der Waals surface area contributed by atoms with Crippen molar-refractivity contribution in [2.24, 2.45) is 5.92 Å². The molecular weight excluding hydrogens is 322 g/mol. The zero-order valence-electron chi connectivity index (χ0n) is 12.7. The fraction of sp³-hybridized carbons (Fsp3) is 0.278. The lowest BCUT2D eigenvalue weighted by molar-refractivity contribution is 0.0782. The van der Waals surface area contributed by atoms with Gasteiger partial charge in [0.1, 0.15) is 23.3 Å². The Morgan fingerprint density at radius 3 is 2.38 bits per heavy atom. The molecule has 6 heteroatoms. The Kier molecular flexibility index (Phi) is 4.55. The van der Waals surface area contributed by atoms with Gasteiger partial charge in [-0.3, -0.25) is 4.79 Å². The van der Waals surface area contributed by atoms with E-state index in [1.54, 1.807) is 0 Å². The maximum absolute atomic E-state index is 13.7. The predicted molar refractivity (Wildman–Crippen MR) is 80.4 cm³/mol. The molecule has 0 radical (unpaired) electrons. The van der Waals surface area contributed by atoms with Crippen LogP contribution in [0.1, 0.15) is 22.3 Å². The predicted octanol–water partition coefficient (Wildman–Crippen LogP) is 3.95. The molecule has 126 valence electrons. The van der Waals surface area contributed by atoms with Gasteiger partial charge in [0.15, 0.2) is 0 Å². The number of hydrogen-bond acceptors (Lipinski definition) is 1. The number of carbonyl (C=O) groups excluding carboxylic acids is 1. The minimum atomic E-state index is -0.893. The van der Waals surface area contributed by atoms with Crippen molar-refractivity contribution in [3.05, 3.63) is 70.8 Å². The Balaban J connectivity index is 1.67. The van der Waals surface area contributed by atoms with Gasteiger partial charge in [-0.05, 0) is 48.6 Å². The van der Waals surface area contributed by atoms with Crippen LogP contribution in [-0.4, -0.2) is 23.9 Å². The summed E-state index contributed by atoms with van der Waals surface area (Å²) >= 11 is 0. The van der Waals surface area contributed by atoms with Crippen molar-refractivity contribution in [2.45, 2.75) is 12.8 Å². The highest BCUT2D eigenvalue weighted by Crippen LogP contribution is 2.24. The average Bonchev–Trinajstić information content (AvgIpc) is 2.94. The maximum atomic E-state index is 13.7. The third-order valence-electron chi connectivity index (χ3n) is 4.18. The minimum absolute atomic E-state index is 0.0404. The molecular formula is C18H15F4NO. The van der Waals surface area contributed by atoms with E-state index in [1.165, 1.54) is 17.0 Å². The molecule has 0 aliphatic carbocycles. The van der Waals surface area contributed by atoms with E-state index in [2.05, 4.69) is 0 Å². The Hall–Kier alpha value is -2.37. The van der Waals surface area contributed by atoms with Crippen LogP contribution >= 0.6 is 0 Å². The van der Waals surface area contributed by atoms with Crippen molar-refractivity contribution in [1.29, 1.82) is 0 Å². The van der Waals surface area contributed by atoms with E-state index in [1.807, 2.05) is 0 Å². The Labute approximate surface area is 136 Å². The SMILES string of the molecule is O=C(c1ccc(F)cc1F)N1CCC(Cc2cc(F)cc(F)c2)C1. The summed E-state index contributed by atoms with van der Waals surface area (Å²) in [5, 5.41) is 0. The molecule has 2 aromatic carbocycles. The van der Waals surface area contributed by atoms with Crippen molar-refractivity contribution in [2.75, 3.05) is 13.1 Å².